The monoisotopic (exact) mass is 288 g/mol. The molecule has 1 fully saturated rings. The first-order valence-electron chi connectivity index (χ1n) is 7.68. The van der Waals surface area contributed by atoms with Crippen molar-refractivity contribution in [2.75, 3.05) is 0 Å². The molecule has 114 valence electrons. The van der Waals surface area contributed by atoms with Crippen molar-refractivity contribution >= 4 is 12.6 Å². The third kappa shape index (κ3) is 2.16. The molecule has 2 heterocycles. The maximum atomic E-state index is 6.18. The number of hydrogen-bond donors (Lipinski definition) is 0. The molecule has 21 heavy (non-hydrogen) atoms. The van der Waals surface area contributed by atoms with Crippen molar-refractivity contribution in [3.05, 3.63) is 28.8 Å². The fraction of sp³-hybridized carbons (Fsp3) is 0.647. The quantitative estimate of drug-likeness (QED) is 0.743. The molecule has 0 atom stereocenters. The summed E-state index contributed by atoms with van der Waals surface area (Å²) in [4.78, 5) is 0. The van der Waals surface area contributed by atoms with Crippen LogP contribution in [0.25, 0.3) is 0 Å². The van der Waals surface area contributed by atoms with E-state index < -0.39 is 0 Å². The molecule has 0 aromatic heterocycles. The molecule has 2 aliphatic heterocycles. The molecule has 0 amide bonds. The lowest BCUT2D eigenvalue weighted by molar-refractivity contribution is -0.00795. The predicted molar refractivity (Wildman–Crippen MR) is 84.7 cm³/mol. The van der Waals surface area contributed by atoms with Crippen molar-refractivity contribution in [1.82, 2.24) is 0 Å². The molecular weight excluding hydrogens is 263 g/mol. The largest absolute Gasteiger partial charge is 0.495 e. The highest BCUT2D eigenvalue weighted by Crippen LogP contribution is 2.39. The molecule has 4 heteroatoms. The second-order valence-corrected chi connectivity index (χ2v) is 7.69. The molecule has 1 aromatic rings. The van der Waals surface area contributed by atoms with Gasteiger partial charge >= 0.3 is 7.12 Å². The zero-order valence-electron chi connectivity index (χ0n) is 14.2. The molecule has 0 unspecified atom stereocenters. The van der Waals surface area contributed by atoms with E-state index in [1.807, 2.05) is 0 Å². The minimum atomic E-state index is -0.307. The van der Waals surface area contributed by atoms with Crippen LogP contribution < -0.4 is 5.46 Å². The molecule has 0 saturated carbocycles. The second-order valence-electron chi connectivity index (χ2n) is 7.69. The van der Waals surface area contributed by atoms with E-state index in [2.05, 4.69) is 60.6 Å². The van der Waals surface area contributed by atoms with Crippen molar-refractivity contribution in [3.63, 3.8) is 0 Å². The van der Waals surface area contributed by atoms with Crippen LogP contribution in [0.3, 0.4) is 0 Å². The first-order chi connectivity index (χ1) is 9.55. The van der Waals surface area contributed by atoms with Crippen LogP contribution >= 0.6 is 0 Å². The van der Waals surface area contributed by atoms with Crippen LogP contribution in [-0.2, 0) is 26.3 Å². The van der Waals surface area contributed by atoms with Gasteiger partial charge in [-0.2, -0.15) is 0 Å². The Morgan fingerprint density at radius 2 is 1.52 bits per heavy atom. The van der Waals surface area contributed by atoms with Gasteiger partial charge < -0.3 is 14.0 Å². The summed E-state index contributed by atoms with van der Waals surface area (Å²) in [7, 11) is -0.302. The van der Waals surface area contributed by atoms with Gasteiger partial charge in [0, 0.05) is 0 Å². The molecule has 0 bridgehead atoms. The molecule has 3 nitrogen and oxygen atoms in total. The normalized spacial score (nSPS) is 25.2. The van der Waals surface area contributed by atoms with E-state index in [1.54, 1.807) is 0 Å². The fourth-order valence-electron chi connectivity index (χ4n) is 3.08. The Morgan fingerprint density at radius 1 is 0.952 bits per heavy atom. The predicted octanol–water partition coefficient (Wildman–Crippen LogP) is 3.06. The zero-order valence-corrected chi connectivity index (χ0v) is 14.2. The SMILES string of the molecule is Cc1c(B2OC(C)(C)C(C)(C)O2)ccc2c1COC2(C)C. The summed E-state index contributed by atoms with van der Waals surface area (Å²) >= 11 is 0. The first-order valence-corrected chi connectivity index (χ1v) is 7.68. The third-order valence-corrected chi connectivity index (χ3v) is 5.37. The van der Waals surface area contributed by atoms with Gasteiger partial charge in [-0.1, -0.05) is 12.1 Å². The molecule has 0 spiro atoms. The average Bonchev–Trinajstić information content (AvgIpc) is 2.75. The van der Waals surface area contributed by atoms with Crippen molar-refractivity contribution in [2.45, 2.75) is 71.9 Å². The van der Waals surface area contributed by atoms with E-state index >= 15 is 0 Å². The second kappa shape index (κ2) is 4.34. The Hall–Kier alpha value is -0.835. The molecule has 0 aliphatic carbocycles. The Kier molecular flexibility index (Phi) is 3.12. The Bertz CT molecular complexity index is 574. The van der Waals surface area contributed by atoms with Crippen LogP contribution in [0.4, 0.5) is 0 Å². The van der Waals surface area contributed by atoms with Gasteiger partial charge in [0.15, 0.2) is 0 Å². The molecule has 1 aromatic carbocycles. The summed E-state index contributed by atoms with van der Waals surface area (Å²) in [6.07, 6.45) is 0. The number of rotatable bonds is 1. The molecule has 3 rings (SSSR count). The third-order valence-electron chi connectivity index (χ3n) is 5.37. The summed E-state index contributed by atoms with van der Waals surface area (Å²) in [6, 6.07) is 4.29. The highest BCUT2D eigenvalue weighted by atomic mass is 16.7. The summed E-state index contributed by atoms with van der Waals surface area (Å²) in [5, 5.41) is 0. The summed E-state index contributed by atoms with van der Waals surface area (Å²) in [5.74, 6) is 0. The molecule has 2 aliphatic rings. The Labute approximate surface area is 128 Å². The van der Waals surface area contributed by atoms with Crippen molar-refractivity contribution < 1.29 is 14.0 Å². The summed E-state index contributed by atoms with van der Waals surface area (Å²) in [5.41, 5.74) is 4.10. The first kappa shape index (κ1) is 15.1. The number of benzene rings is 1. The molecule has 1 saturated heterocycles. The van der Waals surface area contributed by atoms with Gasteiger partial charge in [0.2, 0.25) is 0 Å². The fourth-order valence-corrected chi connectivity index (χ4v) is 3.08. The van der Waals surface area contributed by atoms with Gasteiger partial charge in [-0.15, -0.1) is 0 Å². The number of hydrogen-bond acceptors (Lipinski definition) is 3. The smallest absolute Gasteiger partial charge is 0.399 e. The van der Waals surface area contributed by atoms with Crippen LogP contribution in [-0.4, -0.2) is 18.3 Å². The highest BCUT2D eigenvalue weighted by Gasteiger charge is 2.52. The lowest BCUT2D eigenvalue weighted by Crippen LogP contribution is -2.41. The van der Waals surface area contributed by atoms with E-state index in [-0.39, 0.29) is 23.9 Å². The van der Waals surface area contributed by atoms with E-state index in [1.165, 1.54) is 16.7 Å². The lowest BCUT2D eigenvalue weighted by Gasteiger charge is -2.32. The summed E-state index contributed by atoms with van der Waals surface area (Å²) < 4.78 is 18.3. The minimum Gasteiger partial charge on any atom is -0.399 e. The van der Waals surface area contributed by atoms with Crippen molar-refractivity contribution in [2.24, 2.45) is 0 Å². The van der Waals surface area contributed by atoms with Gasteiger partial charge in [-0.3, -0.25) is 0 Å². The van der Waals surface area contributed by atoms with Gasteiger partial charge in [-0.05, 0) is 70.6 Å². The van der Waals surface area contributed by atoms with Crippen LogP contribution in [0.5, 0.6) is 0 Å². The Morgan fingerprint density at radius 3 is 2.10 bits per heavy atom. The van der Waals surface area contributed by atoms with Crippen LogP contribution in [0.15, 0.2) is 12.1 Å². The van der Waals surface area contributed by atoms with Crippen LogP contribution in [0.1, 0.15) is 58.2 Å². The van der Waals surface area contributed by atoms with Crippen LogP contribution in [0, 0.1) is 6.92 Å². The van der Waals surface area contributed by atoms with Gasteiger partial charge in [0.25, 0.3) is 0 Å². The Balaban J connectivity index is 2.00. The standard InChI is InChI=1S/C17H25BO3/c1-11-12-10-19-15(2,3)13(12)8-9-14(11)18-20-16(4,5)17(6,7)21-18/h8-9H,10H2,1-7H3. The molecule has 0 radical (unpaired) electrons. The summed E-state index contributed by atoms with van der Waals surface area (Å²) in [6.45, 7) is 15.4. The van der Waals surface area contributed by atoms with E-state index in [9.17, 15) is 0 Å². The van der Waals surface area contributed by atoms with E-state index in [0.29, 0.717) is 6.61 Å². The van der Waals surface area contributed by atoms with E-state index in [0.717, 1.165) is 5.46 Å². The minimum absolute atomic E-state index is 0.200. The number of fused-ring (bicyclic) bond motifs is 1. The maximum Gasteiger partial charge on any atom is 0.495 e. The number of ether oxygens (including phenoxy) is 1. The molecular formula is C17H25BO3. The average molecular weight is 288 g/mol. The van der Waals surface area contributed by atoms with E-state index in [4.69, 9.17) is 14.0 Å². The van der Waals surface area contributed by atoms with Gasteiger partial charge in [-0.25, -0.2) is 0 Å². The van der Waals surface area contributed by atoms with Gasteiger partial charge in [0.05, 0.1) is 23.4 Å². The molecule has 0 N–H and O–H groups in total. The zero-order chi connectivity index (χ0) is 15.6. The van der Waals surface area contributed by atoms with Crippen molar-refractivity contribution in [3.8, 4) is 0 Å². The topological polar surface area (TPSA) is 27.7 Å². The van der Waals surface area contributed by atoms with Gasteiger partial charge in [0.1, 0.15) is 0 Å². The van der Waals surface area contributed by atoms with Crippen molar-refractivity contribution in [1.29, 1.82) is 0 Å². The lowest BCUT2D eigenvalue weighted by atomic mass is 9.73. The highest BCUT2D eigenvalue weighted by molar-refractivity contribution is 6.62. The maximum absolute atomic E-state index is 6.18. The van der Waals surface area contributed by atoms with Crippen LogP contribution in [0.2, 0.25) is 0 Å².